The smallest absolute Gasteiger partial charge is 0.355 e. The summed E-state index contributed by atoms with van der Waals surface area (Å²) in [5, 5.41) is 4.32. The van der Waals surface area contributed by atoms with Gasteiger partial charge in [-0.3, -0.25) is 4.79 Å². The van der Waals surface area contributed by atoms with E-state index in [4.69, 9.17) is 0 Å². The summed E-state index contributed by atoms with van der Waals surface area (Å²) < 4.78 is 39.1. The SMILES string of the molecule is O=c1ccc(C(F)(F)F)nn1CC1CN(c2ncnc3[nH]ccc23)C1. The Morgan fingerprint density at radius 1 is 1.20 bits per heavy atom. The molecule has 4 heterocycles. The van der Waals surface area contributed by atoms with Crippen LogP contribution in [-0.2, 0) is 12.7 Å². The van der Waals surface area contributed by atoms with Crippen LogP contribution in [0.15, 0.2) is 35.5 Å². The molecule has 1 saturated heterocycles. The summed E-state index contributed by atoms with van der Waals surface area (Å²) >= 11 is 0. The Bertz CT molecular complexity index is 973. The molecule has 0 atom stereocenters. The second kappa shape index (κ2) is 5.57. The molecule has 0 saturated carbocycles. The van der Waals surface area contributed by atoms with Gasteiger partial charge in [-0.25, -0.2) is 14.6 Å². The number of anilines is 1. The van der Waals surface area contributed by atoms with Crippen LogP contribution in [0.3, 0.4) is 0 Å². The van der Waals surface area contributed by atoms with Crippen molar-refractivity contribution in [2.45, 2.75) is 12.7 Å². The molecule has 1 aliphatic rings. The molecule has 130 valence electrons. The second-order valence-electron chi connectivity index (χ2n) is 5.94. The molecule has 1 N–H and O–H groups in total. The van der Waals surface area contributed by atoms with Gasteiger partial charge in [0, 0.05) is 31.3 Å². The fourth-order valence-electron chi connectivity index (χ4n) is 2.94. The standard InChI is InChI=1S/C15H13F3N6O/c16-15(17,18)11-1-2-12(25)24(22-11)7-9-5-23(6-9)14-10-3-4-19-13(10)20-8-21-14/h1-4,8-9H,5-7H2,(H,19,20,21). The molecule has 7 nitrogen and oxygen atoms in total. The first-order valence-corrected chi connectivity index (χ1v) is 7.60. The molecule has 4 rings (SSSR count). The Labute approximate surface area is 139 Å². The van der Waals surface area contributed by atoms with Gasteiger partial charge in [0.2, 0.25) is 0 Å². The van der Waals surface area contributed by atoms with Gasteiger partial charge in [0.15, 0.2) is 5.69 Å². The maximum absolute atomic E-state index is 12.7. The van der Waals surface area contributed by atoms with Crippen LogP contribution in [0, 0.1) is 5.92 Å². The van der Waals surface area contributed by atoms with Crippen LogP contribution in [0.5, 0.6) is 0 Å². The highest BCUT2D eigenvalue weighted by Gasteiger charge is 2.34. The zero-order valence-corrected chi connectivity index (χ0v) is 12.9. The highest BCUT2D eigenvalue weighted by molar-refractivity contribution is 5.87. The minimum Gasteiger partial charge on any atom is -0.355 e. The summed E-state index contributed by atoms with van der Waals surface area (Å²) in [6, 6.07) is 3.48. The molecule has 0 radical (unpaired) electrons. The largest absolute Gasteiger partial charge is 0.435 e. The minimum absolute atomic E-state index is 0.0256. The zero-order chi connectivity index (χ0) is 17.6. The lowest BCUT2D eigenvalue weighted by atomic mass is 10.00. The topological polar surface area (TPSA) is 79.7 Å². The number of halogens is 3. The van der Waals surface area contributed by atoms with Gasteiger partial charge in [0.25, 0.3) is 5.56 Å². The Kier molecular flexibility index (Phi) is 3.48. The first-order chi connectivity index (χ1) is 11.9. The molecule has 10 heteroatoms. The van der Waals surface area contributed by atoms with Crippen molar-refractivity contribution in [3.63, 3.8) is 0 Å². The Morgan fingerprint density at radius 2 is 2.00 bits per heavy atom. The van der Waals surface area contributed by atoms with Crippen molar-refractivity contribution in [1.29, 1.82) is 0 Å². The van der Waals surface area contributed by atoms with E-state index < -0.39 is 17.4 Å². The number of nitrogens with one attached hydrogen (secondary N) is 1. The van der Waals surface area contributed by atoms with E-state index in [1.54, 1.807) is 6.20 Å². The quantitative estimate of drug-likeness (QED) is 0.777. The van der Waals surface area contributed by atoms with Gasteiger partial charge in [-0.1, -0.05) is 0 Å². The fourth-order valence-corrected chi connectivity index (χ4v) is 2.94. The molecular weight excluding hydrogens is 337 g/mol. The molecule has 1 aliphatic heterocycles. The van der Waals surface area contributed by atoms with Crippen molar-refractivity contribution in [3.8, 4) is 0 Å². The van der Waals surface area contributed by atoms with Crippen molar-refractivity contribution in [1.82, 2.24) is 24.7 Å². The Hall–Kier alpha value is -2.91. The van der Waals surface area contributed by atoms with E-state index in [2.05, 4.69) is 20.1 Å². The van der Waals surface area contributed by atoms with E-state index >= 15 is 0 Å². The number of hydrogen-bond donors (Lipinski definition) is 1. The van der Waals surface area contributed by atoms with Crippen LogP contribution in [0.4, 0.5) is 19.0 Å². The van der Waals surface area contributed by atoms with Gasteiger partial charge in [-0.15, -0.1) is 0 Å². The van der Waals surface area contributed by atoms with E-state index in [9.17, 15) is 18.0 Å². The number of alkyl halides is 3. The van der Waals surface area contributed by atoms with E-state index in [0.717, 1.165) is 27.6 Å². The van der Waals surface area contributed by atoms with Crippen molar-refractivity contribution < 1.29 is 13.2 Å². The fraction of sp³-hybridized carbons (Fsp3) is 0.333. The van der Waals surface area contributed by atoms with Gasteiger partial charge in [-0.2, -0.15) is 18.3 Å². The number of H-pyrrole nitrogens is 1. The van der Waals surface area contributed by atoms with E-state index in [-0.39, 0.29) is 12.5 Å². The number of aromatic amines is 1. The molecule has 0 spiro atoms. The van der Waals surface area contributed by atoms with Gasteiger partial charge >= 0.3 is 6.18 Å². The molecule has 1 fully saturated rings. The minimum atomic E-state index is -4.57. The number of aromatic nitrogens is 5. The third kappa shape index (κ3) is 2.83. The zero-order valence-electron chi connectivity index (χ0n) is 12.9. The number of nitrogens with zero attached hydrogens (tertiary/aromatic N) is 5. The van der Waals surface area contributed by atoms with Crippen LogP contribution in [-0.4, -0.2) is 37.8 Å². The molecule has 0 aromatic carbocycles. The maximum atomic E-state index is 12.7. The number of rotatable bonds is 3. The molecule has 25 heavy (non-hydrogen) atoms. The first-order valence-electron chi connectivity index (χ1n) is 7.60. The summed E-state index contributed by atoms with van der Waals surface area (Å²) in [7, 11) is 0. The molecule has 0 unspecified atom stereocenters. The van der Waals surface area contributed by atoms with Gasteiger partial charge in [-0.05, 0) is 12.1 Å². The van der Waals surface area contributed by atoms with Gasteiger partial charge in [0.05, 0.1) is 11.9 Å². The predicted octanol–water partition coefficient (Wildman–Crippen LogP) is 1.67. The highest BCUT2D eigenvalue weighted by atomic mass is 19.4. The van der Waals surface area contributed by atoms with Crippen molar-refractivity contribution in [2.24, 2.45) is 5.92 Å². The van der Waals surface area contributed by atoms with E-state index in [1.165, 1.54) is 6.33 Å². The van der Waals surface area contributed by atoms with E-state index in [1.807, 2.05) is 11.0 Å². The maximum Gasteiger partial charge on any atom is 0.435 e. The molecule has 3 aromatic heterocycles. The third-order valence-corrected chi connectivity index (χ3v) is 4.18. The number of fused-ring (bicyclic) bond motifs is 1. The summed E-state index contributed by atoms with van der Waals surface area (Å²) in [5.74, 6) is 0.796. The molecule has 0 bridgehead atoms. The van der Waals surface area contributed by atoms with Crippen LogP contribution >= 0.6 is 0 Å². The Balaban J connectivity index is 1.49. The monoisotopic (exact) mass is 350 g/mol. The summed E-state index contributed by atoms with van der Waals surface area (Å²) in [4.78, 5) is 25.2. The average Bonchev–Trinajstić information content (AvgIpc) is 2.99. The summed E-state index contributed by atoms with van der Waals surface area (Å²) in [6.45, 7) is 1.31. The van der Waals surface area contributed by atoms with Gasteiger partial charge in [0.1, 0.15) is 17.8 Å². The average molecular weight is 350 g/mol. The van der Waals surface area contributed by atoms with Crippen LogP contribution < -0.4 is 10.5 Å². The Morgan fingerprint density at radius 3 is 2.76 bits per heavy atom. The van der Waals surface area contributed by atoms with E-state index in [0.29, 0.717) is 19.2 Å². The predicted molar refractivity (Wildman–Crippen MR) is 83.1 cm³/mol. The lowest BCUT2D eigenvalue weighted by Gasteiger charge is -2.40. The van der Waals surface area contributed by atoms with Crippen LogP contribution in [0.2, 0.25) is 0 Å². The normalized spacial score (nSPS) is 15.6. The second-order valence-corrected chi connectivity index (χ2v) is 5.94. The first kappa shape index (κ1) is 15.6. The van der Waals surface area contributed by atoms with Crippen molar-refractivity contribution >= 4 is 16.9 Å². The van der Waals surface area contributed by atoms with Crippen molar-refractivity contribution in [2.75, 3.05) is 18.0 Å². The van der Waals surface area contributed by atoms with Crippen LogP contribution in [0.25, 0.3) is 11.0 Å². The lowest BCUT2D eigenvalue weighted by Crippen LogP contribution is -2.50. The van der Waals surface area contributed by atoms with Crippen molar-refractivity contribution in [3.05, 3.63) is 46.8 Å². The number of hydrogen-bond acceptors (Lipinski definition) is 5. The molecule has 3 aromatic rings. The van der Waals surface area contributed by atoms with Crippen LogP contribution in [0.1, 0.15) is 5.69 Å². The molecule has 0 amide bonds. The summed E-state index contributed by atoms with van der Waals surface area (Å²) in [5.41, 5.74) is -0.876. The highest BCUT2D eigenvalue weighted by Crippen LogP contribution is 2.29. The third-order valence-electron chi connectivity index (χ3n) is 4.18. The van der Waals surface area contributed by atoms with Gasteiger partial charge < -0.3 is 9.88 Å². The molecule has 0 aliphatic carbocycles. The molecular formula is C15H13F3N6O. The lowest BCUT2D eigenvalue weighted by molar-refractivity contribution is -0.142. The summed E-state index contributed by atoms with van der Waals surface area (Å²) in [6.07, 6.45) is -1.34.